The van der Waals surface area contributed by atoms with Crippen LogP contribution < -0.4 is 19.9 Å². The van der Waals surface area contributed by atoms with Gasteiger partial charge in [0.15, 0.2) is 11.5 Å². The number of nitrogens with two attached hydrogens (primary N) is 1. The van der Waals surface area contributed by atoms with Gasteiger partial charge in [-0.1, -0.05) is 11.6 Å². The lowest BCUT2D eigenvalue weighted by Gasteiger charge is -2.15. The molecule has 0 heterocycles. The van der Waals surface area contributed by atoms with Crippen LogP contribution in [0.2, 0.25) is 0 Å². The second kappa shape index (κ2) is 7.84. The van der Waals surface area contributed by atoms with E-state index >= 15 is 0 Å². The number of benzene rings is 1. The van der Waals surface area contributed by atoms with Crippen LogP contribution in [-0.2, 0) is 6.42 Å². The van der Waals surface area contributed by atoms with Gasteiger partial charge in [0.05, 0.1) is 14.2 Å². The molecule has 0 aliphatic carbocycles. The number of hydrogen-bond acceptors (Lipinski definition) is 4. The normalized spacial score (nSPS) is 10.7. The molecule has 0 amide bonds. The average Bonchev–Trinajstić information content (AvgIpc) is 2.40. The van der Waals surface area contributed by atoms with Gasteiger partial charge in [-0.3, -0.25) is 0 Å². The lowest BCUT2D eigenvalue weighted by atomic mass is 10.1. The van der Waals surface area contributed by atoms with Gasteiger partial charge in [-0.2, -0.15) is 0 Å². The summed E-state index contributed by atoms with van der Waals surface area (Å²) in [5.74, 6) is 1.82. The topological polar surface area (TPSA) is 53.7 Å². The van der Waals surface area contributed by atoms with E-state index in [2.05, 4.69) is 0 Å². The largest absolute Gasteiger partial charge is 0.493 e. The maximum atomic E-state index is 5.57. The predicted octanol–water partition coefficient (Wildman–Crippen LogP) is 2.34. The summed E-state index contributed by atoms with van der Waals surface area (Å²) in [6.45, 7) is 0.925. The van der Waals surface area contributed by atoms with Crippen LogP contribution in [0.15, 0.2) is 23.7 Å². The maximum Gasteiger partial charge on any atom is 0.203 e. The summed E-state index contributed by atoms with van der Waals surface area (Å²) in [6, 6.07) is 3.80. The van der Waals surface area contributed by atoms with Gasteiger partial charge in [-0.05, 0) is 36.7 Å². The minimum Gasteiger partial charge on any atom is -0.493 e. The Kier molecular flexibility index (Phi) is 6.39. The Hall–Kier alpha value is -1.39. The van der Waals surface area contributed by atoms with Crippen molar-refractivity contribution in [2.24, 2.45) is 5.73 Å². The fourth-order valence-corrected chi connectivity index (χ4v) is 1.63. The van der Waals surface area contributed by atoms with E-state index in [-0.39, 0.29) is 0 Å². The van der Waals surface area contributed by atoms with Crippen LogP contribution >= 0.6 is 11.6 Å². The van der Waals surface area contributed by atoms with Crippen molar-refractivity contribution in [3.05, 3.63) is 29.3 Å². The summed E-state index contributed by atoms with van der Waals surface area (Å²) >= 11 is 5.44. The van der Waals surface area contributed by atoms with Gasteiger partial charge < -0.3 is 19.9 Å². The Morgan fingerprint density at radius 3 is 2.28 bits per heavy atom. The highest BCUT2D eigenvalue weighted by atomic mass is 35.5. The van der Waals surface area contributed by atoms with Gasteiger partial charge in [-0.15, -0.1) is 0 Å². The first kappa shape index (κ1) is 14.7. The Morgan fingerprint density at radius 2 is 1.83 bits per heavy atom. The van der Waals surface area contributed by atoms with E-state index in [0.717, 1.165) is 12.0 Å². The van der Waals surface area contributed by atoms with Crippen molar-refractivity contribution in [1.29, 1.82) is 0 Å². The first-order chi connectivity index (χ1) is 8.76. The minimum absolute atomic E-state index is 0.354. The monoisotopic (exact) mass is 271 g/mol. The summed E-state index contributed by atoms with van der Waals surface area (Å²) < 4.78 is 16.2. The van der Waals surface area contributed by atoms with Gasteiger partial charge in [0.25, 0.3) is 0 Å². The highest BCUT2D eigenvalue weighted by Gasteiger charge is 2.13. The molecule has 0 fully saturated rings. The Bertz CT molecular complexity index is 382. The van der Waals surface area contributed by atoms with Crippen LogP contribution in [0.25, 0.3) is 0 Å². The smallest absolute Gasteiger partial charge is 0.203 e. The lowest BCUT2D eigenvalue weighted by Crippen LogP contribution is -2.05. The zero-order chi connectivity index (χ0) is 13.4. The third-order valence-corrected chi connectivity index (χ3v) is 2.54. The van der Waals surface area contributed by atoms with Crippen molar-refractivity contribution in [1.82, 2.24) is 0 Å². The third kappa shape index (κ3) is 3.82. The Morgan fingerprint density at radius 1 is 1.22 bits per heavy atom. The molecular formula is C13H18ClNO3. The lowest BCUT2D eigenvalue weighted by molar-refractivity contribution is 0.300. The van der Waals surface area contributed by atoms with E-state index in [1.807, 2.05) is 12.1 Å². The Labute approximate surface area is 112 Å². The molecule has 100 valence electrons. The fraction of sp³-hybridized carbons (Fsp3) is 0.385. The SMILES string of the molecule is COc1cc(CCN)cc(OC)c1OC/C=C/Cl. The van der Waals surface area contributed by atoms with Gasteiger partial charge >= 0.3 is 0 Å². The van der Waals surface area contributed by atoms with Gasteiger partial charge in [0, 0.05) is 5.54 Å². The van der Waals surface area contributed by atoms with Crippen molar-refractivity contribution < 1.29 is 14.2 Å². The van der Waals surface area contributed by atoms with E-state index in [4.69, 9.17) is 31.5 Å². The van der Waals surface area contributed by atoms with Crippen molar-refractivity contribution in [2.75, 3.05) is 27.4 Å². The van der Waals surface area contributed by atoms with Crippen LogP contribution in [0.3, 0.4) is 0 Å². The first-order valence-corrected chi connectivity index (χ1v) is 6.03. The number of rotatable bonds is 7. The molecule has 1 aromatic carbocycles. The predicted molar refractivity (Wildman–Crippen MR) is 72.8 cm³/mol. The van der Waals surface area contributed by atoms with Crippen LogP contribution in [-0.4, -0.2) is 27.4 Å². The van der Waals surface area contributed by atoms with Crippen molar-refractivity contribution in [2.45, 2.75) is 6.42 Å². The number of methoxy groups -OCH3 is 2. The summed E-state index contributed by atoms with van der Waals surface area (Å²) in [6.07, 6.45) is 2.45. The minimum atomic E-state index is 0.354. The van der Waals surface area contributed by atoms with Crippen LogP contribution in [0.4, 0.5) is 0 Å². The molecule has 5 heteroatoms. The highest BCUT2D eigenvalue weighted by Crippen LogP contribution is 2.38. The van der Waals surface area contributed by atoms with Crippen LogP contribution in [0.5, 0.6) is 17.2 Å². The molecule has 0 saturated carbocycles. The molecule has 18 heavy (non-hydrogen) atoms. The van der Waals surface area contributed by atoms with Crippen LogP contribution in [0.1, 0.15) is 5.56 Å². The Balaban J connectivity index is 3.04. The van der Waals surface area contributed by atoms with Crippen molar-refractivity contribution in [3.8, 4) is 17.2 Å². The van der Waals surface area contributed by atoms with Gasteiger partial charge in [0.2, 0.25) is 5.75 Å². The van der Waals surface area contributed by atoms with Crippen molar-refractivity contribution >= 4 is 11.6 Å². The first-order valence-electron chi connectivity index (χ1n) is 5.59. The summed E-state index contributed by atoms with van der Waals surface area (Å²) in [4.78, 5) is 0. The second-order valence-electron chi connectivity index (χ2n) is 3.54. The maximum absolute atomic E-state index is 5.57. The zero-order valence-electron chi connectivity index (χ0n) is 10.6. The molecule has 1 aromatic rings. The van der Waals surface area contributed by atoms with E-state index in [9.17, 15) is 0 Å². The van der Waals surface area contributed by atoms with Crippen LogP contribution in [0, 0.1) is 0 Å². The van der Waals surface area contributed by atoms with Gasteiger partial charge in [-0.25, -0.2) is 0 Å². The molecule has 0 radical (unpaired) electrons. The summed E-state index contributed by atoms with van der Waals surface area (Å²) in [5.41, 5.74) is 8.00. The molecular weight excluding hydrogens is 254 g/mol. The molecule has 1 rings (SSSR count). The average molecular weight is 272 g/mol. The van der Waals surface area contributed by atoms with E-state index in [1.54, 1.807) is 20.3 Å². The molecule has 0 aliphatic rings. The highest BCUT2D eigenvalue weighted by molar-refractivity contribution is 6.25. The standard InChI is InChI=1S/C13H18ClNO3/c1-16-11-8-10(4-6-15)9-12(17-2)13(11)18-7-3-5-14/h3,5,8-9H,4,6-7,15H2,1-2H3/b5-3+. The number of halogens is 1. The molecule has 0 saturated heterocycles. The quantitative estimate of drug-likeness (QED) is 0.827. The molecule has 0 atom stereocenters. The van der Waals surface area contributed by atoms with E-state index in [1.165, 1.54) is 5.54 Å². The zero-order valence-corrected chi connectivity index (χ0v) is 11.4. The molecule has 0 spiro atoms. The second-order valence-corrected chi connectivity index (χ2v) is 3.79. The number of hydrogen-bond donors (Lipinski definition) is 1. The molecule has 0 aromatic heterocycles. The summed E-state index contributed by atoms with van der Waals surface area (Å²) in [7, 11) is 3.18. The molecule has 4 nitrogen and oxygen atoms in total. The van der Waals surface area contributed by atoms with E-state index < -0.39 is 0 Å². The molecule has 2 N–H and O–H groups in total. The molecule has 0 unspecified atom stereocenters. The van der Waals surface area contributed by atoms with Gasteiger partial charge in [0.1, 0.15) is 6.61 Å². The third-order valence-electron chi connectivity index (χ3n) is 2.37. The fourth-order valence-electron chi connectivity index (χ4n) is 1.56. The van der Waals surface area contributed by atoms with E-state index in [0.29, 0.717) is 30.4 Å². The molecule has 0 aliphatic heterocycles. The van der Waals surface area contributed by atoms with Crippen molar-refractivity contribution in [3.63, 3.8) is 0 Å². The number of ether oxygens (including phenoxy) is 3. The molecule has 0 bridgehead atoms. The summed E-state index contributed by atoms with van der Waals surface area (Å²) in [5, 5.41) is 0.